The number of pyridine rings is 1. The third-order valence-electron chi connectivity index (χ3n) is 4.72. The molecule has 2 amide bonds. The molecule has 2 heterocycles. The van der Waals surface area contributed by atoms with E-state index < -0.39 is 5.37 Å². The average molecular weight is 439 g/mol. The second kappa shape index (κ2) is 8.45. The second-order valence-corrected chi connectivity index (χ2v) is 8.27. The predicted octanol–water partition coefficient (Wildman–Crippen LogP) is 4.80. The first-order chi connectivity index (χ1) is 14.4. The van der Waals surface area contributed by atoms with Crippen LogP contribution in [-0.2, 0) is 16.1 Å². The van der Waals surface area contributed by atoms with Crippen LogP contribution in [0.25, 0.3) is 10.9 Å². The minimum Gasteiger partial charge on any atom is -0.286 e. The molecule has 0 saturated heterocycles. The van der Waals surface area contributed by atoms with Crippen molar-refractivity contribution in [3.05, 3.63) is 76.9 Å². The molecule has 1 unspecified atom stereocenters. The number of para-hydroxylation sites is 1. The Bertz CT molecular complexity index is 1150. The van der Waals surface area contributed by atoms with E-state index in [4.69, 9.17) is 11.6 Å². The molecule has 30 heavy (non-hydrogen) atoms. The number of fused-ring (bicyclic) bond motifs is 1. The standard InChI is InChI=1S/C22H19ClN4O2S/c1-14(28)26(13-16-8-4-3-5-9-16)22-25-27(15(2)29)21(30-22)18-12-17-10-6-7-11-19(17)24-20(18)23/h3-12,21H,13H2,1-2H3. The third kappa shape index (κ3) is 4.04. The number of carbonyl (C=O) groups is 2. The number of halogens is 1. The first-order valence-corrected chi connectivity index (χ1v) is 10.6. The van der Waals surface area contributed by atoms with Crippen molar-refractivity contribution in [3.8, 4) is 0 Å². The van der Waals surface area contributed by atoms with Crippen LogP contribution in [0.4, 0.5) is 0 Å². The Kier molecular flexibility index (Phi) is 5.74. The van der Waals surface area contributed by atoms with Crippen molar-refractivity contribution in [1.29, 1.82) is 0 Å². The number of hydrogen-bond acceptors (Lipinski definition) is 5. The maximum absolute atomic E-state index is 12.4. The highest BCUT2D eigenvalue weighted by atomic mass is 35.5. The van der Waals surface area contributed by atoms with Crippen molar-refractivity contribution in [2.75, 3.05) is 0 Å². The van der Waals surface area contributed by atoms with Gasteiger partial charge in [0.05, 0.1) is 12.1 Å². The van der Waals surface area contributed by atoms with E-state index >= 15 is 0 Å². The van der Waals surface area contributed by atoms with Crippen molar-refractivity contribution in [1.82, 2.24) is 14.9 Å². The molecule has 0 aliphatic carbocycles. The molecule has 2 aromatic carbocycles. The molecule has 1 aliphatic heterocycles. The lowest BCUT2D eigenvalue weighted by molar-refractivity contribution is -0.130. The molecule has 152 valence electrons. The van der Waals surface area contributed by atoms with Gasteiger partial charge in [-0.25, -0.2) is 9.99 Å². The molecule has 0 bridgehead atoms. The maximum atomic E-state index is 12.4. The highest BCUT2D eigenvalue weighted by Gasteiger charge is 2.37. The van der Waals surface area contributed by atoms with Crippen LogP contribution in [0.3, 0.4) is 0 Å². The van der Waals surface area contributed by atoms with Crippen molar-refractivity contribution in [3.63, 3.8) is 0 Å². The lowest BCUT2D eigenvalue weighted by Gasteiger charge is -2.21. The summed E-state index contributed by atoms with van der Waals surface area (Å²) in [4.78, 5) is 30.8. The Morgan fingerprint density at radius 3 is 2.50 bits per heavy atom. The fraction of sp³-hybridized carbons (Fsp3) is 0.182. The first-order valence-electron chi connectivity index (χ1n) is 9.36. The summed E-state index contributed by atoms with van der Waals surface area (Å²) in [5.41, 5.74) is 2.43. The number of aromatic nitrogens is 1. The predicted molar refractivity (Wildman–Crippen MR) is 120 cm³/mol. The first kappa shape index (κ1) is 20.4. The van der Waals surface area contributed by atoms with Crippen LogP contribution in [0.15, 0.2) is 65.8 Å². The molecule has 4 rings (SSSR count). The molecule has 1 aromatic heterocycles. The average Bonchev–Trinajstić information content (AvgIpc) is 3.17. The van der Waals surface area contributed by atoms with Crippen LogP contribution in [-0.4, -0.2) is 31.9 Å². The molecule has 3 aromatic rings. The van der Waals surface area contributed by atoms with Gasteiger partial charge in [-0.15, -0.1) is 5.10 Å². The van der Waals surface area contributed by atoms with E-state index in [1.165, 1.54) is 30.6 Å². The molecular formula is C22H19ClN4O2S. The molecule has 0 fully saturated rings. The zero-order valence-corrected chi connectivity index (χ0v) is 18.0. The van der Waals surface area contributed by atoms with Crippen molar-refractivity contribution < 1.29 is 9.59 Å². The van der Waals surface area contributed by atoms with E-state index in [9.17, 15) is 9.59 Å². The second-order valence-electron chi connectivity index (χ2n) is 6.87. The quantitative estimate of drug-likeness (QED) is 0.551. The fourth-order valence-electron chi connectivity index (χ4n) is 3.23. The number of rotatable bonds is 3. The maximum Gasteiger partial charge on any atom is 0.241 e. The Morgan fingerprint density at radius 2 is 1.80 bits per heavy atom. The van der Waals surface area contributed by atoms with E-state index in [0.29, 0.717) is 22.4 Å². The van der Waals surface area contributed by atoms with Crippen molar-refractivity contribution in [2.45, 2.75) is 25.8 Å². The van der Waals surface area contributed by atoms with Gasteiger partial charge < -0.3 is 0 Å². The number of hydrazone groups is 1. The van der Waals surface area contributed by atoms with E-state index in [0.717, 1.165) is 16.5 Å². The lowest BCUT2D eigenvalue weighted by atomic mass is 10.1. The summed E-state index contributed by atoms with van der Waals surface area (Å²) < 4.78 is 0. The van der Waals surface area contributed by atoms with Crippen LogP contribution in [0.2, 0.25) is 5.15 Å². The van der Waals surface area contributed by atoms with Gasteiger partial charge in [-0.05, 0) is 17.7 Å². The monoisotopic (exact) mass is 438 g/mol. The minimum atomic E-state index is -0.500. The summed E-state index contributed by atoms with van der Waals surface area (Å²) in [6.07, 6.45) is 0. The number of hydrogen-bond donors (Lipinski definition) is 0. The van der Waals surface area contributed by atoms with E-state index in [-0.39, 0.29) is 11.8 Å². The van der Waals surface area contributed by atoms with Gasteiger partial charge >= 0.3 is 0 Å². The molecular weight excluding hydrogens is 420 g/mol. The van der Waals surface area contributed by atoms with Crippen LogP contribution >= 0.6 is 23.4 Å². The van der Waals surface area contributed by atoms with Crippen LogP contribution in [0.1, 0.15) is 30.3 Å². The molecule has 0 spiro atoms. The van der Waals surface area contributed by atoms with Gasteiger partial charge in [-0.2, -0.15) is 0 Å². The Balaban J connectivity index is 1.69. The molecule has 0 radical (unpaired) electrons. The summed E-state index contributed by atoms with van der Waals surface area (Å²) in [5.74, 6) is -0.396. The summed E-state index contributed by atoms with van der Waals surface area (Å²) in [6.45, 7) is 3.30. The Morgan fingerprint density at radius 1 is 1.10 bits per heavy atom. The number of carbonyl (C=O) groups excluding carboxylic acids is 2. The van der Waals surface area contributed by atoms with Crippen molar-refractivity contribution in [2.24, 2.45) is 5.10 Å². The van der Waals surface area contributed by atoms with Crippen LogP contribution in [0.5, 0.6) is 0 Å². The number of amides is 2. The molecule has 0 N–H and O–H groups in total. The fourth-order valence-corrected chi connectivity index (χ4v) is 4.80. The number of thioether (sulfide) groups is 1. The topological polar surface area (TPSA) is 65.9 Å². The van der Waals surface area contributed by atoms with Gasteiger partial charge in [-0.1, -0.05) is 71.9 Å². The summed E-state index contributed by atoms with van der Waals surface area (Å²) >= 11 is 7.79. The highest BCUT2D eigenvalue weighted by Crippen LogP contribution is 2.43. The van der Waals surface area contributed by atoms with E-state index in [1.54, 1.807) is 4.90 Å². The smallest absolute Gasteiger partial charge is 0.241 e. The van der Waals surface area contributed by atoms with E-state index in [1.807, 2.05) is 60.7 Å². The summed E-state index contributed by atoms with van der Waals surface area (Å²) in [5, 5.41) is 7.01. The molecule has 1 atom stereocenters. The molecule has 0 saturated carbocycles. The van der Waals surface area contributed by atoms with Crippen LogP contribution in [0, 0.1) is 0 Å². The minimum absolute atomic E-state index is 0.156. The zero-order valence-electron chi connectivity index (χ0n) is 16.4. The van der Waals surface area contributed by atoms with Crippen LogP contribution < -0.4 is 0 Å². The summed E-state index contributed by atoms with van der Waals surface area (Å²) in [6, 6.07) is 19.2. The Hall–Kier alpha value is -2.90. The summed E-state index contributed by atoms with van der Waals surface area (Å²) in [7, 11) is 0. The largest absolute Gasteiger partial charge is 0.286 e. The highest BCUT2D eigenvalue weighted by molar-refractivity contribution is 8.14. The molecule has 8 heteroatoms. The molecule has 6 nitrogen and oxygen atoms in total. The van der Waals surface area contributed by atoms with Gasteiger partial charge in [0.25, 0.3) is 0 Å². The lowest BCUT2D eigenvalue weighted by Crippen LogP contribution is -2.32. The van der Waals surface area contributed by atoms with Gasteiger partial charge in [-0.3, -0.25) is 14.5 Å². The normalized spacial score (nSPS) is 15.9. The molecule has 1 aliphatic rings. The number of nitrogens with zero attached hydrogens (tertiary/aromatic N) is 4. The van der Waals surface area contributed by atoms with Gasteiger partial charge in [0, 0.05) is 24.8 Å². The zero-order chi connectivity index (χ0) is 21.3. The van der Waals surface area contributed by atoms with Gasteiger partial charge in [0.15, 0.2) is 5.17 Å². The van der Waals surface area contributed by atoms with Gasteiger partial charge in [0.1, 0.15) is 10.5 Å². The number of amidine groups is 1. The van der Waals surface area contributed by atoms with Crippen molar-refractivity contribution >= 4 is 51.2 Å². The third-order valence-corrected chi connectivity index (χ3v) is 6.21. The number of benzene rings is 2. The van der Waals surface area contributed by atoms with Gasteiger partial charge in [0.2, 0.25) is 11.8 Å². The Labute approximate surface area is 183 Å². The van der Waals surface area contributed by atoms with E-state index in [2.05, 4.69) is 10.1 Å². The SMILES string of the molecule is CC(=O)N(Cc1ccccc1)C1=NN(C(C)=O)C(c2cc3ccccc3nc2Cl)S1.